The summed E-state index contributed by atoms with van der Waals surface area (Å²) in [7, 11) is 1.96. The standard InChI is InChI=1S/C14H19BrFNO/c1-17-14(8-10-4-6-18-7-5-10)12-3-2-11(16)9-13(12)15/h2-3,9-10,14,17H,4-8H2,1H3. The first kappa shape index (κ1) is 14.0. The van der Waals surface area contributed by atoms with E-state index in [0.717, 1.165) is 42.5 Å². The molecule has 1 aliphatic heterocycles. The molecule has 1 atom stereocenters. The van der Waals surface area contributed by atoms with E-state index >= 15 is 0 Å². The largest absolute Gasteiger partial charge is 0.381 e. The molecule has 0 spiro atoms. The Morgan fingerprint density at radius 1 is 1.44 bits per heavy atom. The van der Waals surface area contributed by atoms with Crippen molar-refractivity contribution in [1.82, 2.24) is 5.32 Å². The van der Waals surface area contributed by atoms with Gasteiger partial charge in [-0.25, -0.2) is 4.39 Å². The Labute approximate surface area is 116 Å². The van der Waals surface area contributed by atoms with Gasteiger partial charge in [0, 0.05) is 23.7 Å². The molecule has 1 unspecified atom stereocenters. The zero-order chi connectivity index (χ0) is 13.0. The minimum Gasteiger partial charge on any atom is -0.381 e. The maximum absolute atomic E-state index is 13.1. The van der Waals surface area contributed by atoms with E-state index in [4.69, 9.17) is 4.74 Å². The van der Waals surface area contributed by atoms with E-state index in [1.54, 1.807) is 0 Å². The SMILES string of the molecule is CNC(CC1CCOCC1)c1ccc(F)cc1Br. The molecule has 0 bridgehead atoms. The van der Waals surface area contributed by atoms with Crippen LogP contribution in [0.25, 0.3) is 0 Å². The van der Waals surface area contributed by atoms with Crippen molar-refractivity contribution in [2.75, 3.05) is 20.3 Å². The lowest BCUT2D eigenvalue weighted by Gasteiger charge is -2.27. The summed E-state index contributed by atoms with van der Waals surface area (Å²) in [6.07, 6.45) is 3.32. The molecular weight excluding hydrogens is 297 g/mol. The minimum atomic E-state index is -0.202. The summed E-state index contributed by atoms with van der Waals surface area (Å²) in [4.78, 5) is 0. The smallest absolute Gasteiger partial charge is 0.124 e. The van der Waals surface area contributed by atoms with Crippen molar-refractivity contribution in [2.24, 2.45) is 5.92 Å². The van der Waals surface area contributed by atoms with Crippen molar-refractivity contribution >= 4 is 15.9 Å². The molecule has 0 aromatic heterocycles. The van der Waals surface area contributed by atoms with Crippen LogP contribution in [0.2, 0.25) is 0 Å². The molecule has 1 aromatic carbocycles. The summed E-state index contributed by atoms with van der Waals surface area (Å²) in [5.41, 5.74) is 1.13. The van der Waals surface area contributed by atoms with Crippen LogP contribution in [0.1, 0.15) is 30.9 Å². The van der Waals surface area contributed by atoms with Crippen LogP contribution in [0.3, 0.4) is 0 Å². The lowest BCUT2D eigenvalue weighted by molar-refractivity contribution is 0.0607. The predicted octanol–water partition coefficient (Wildman–Crippen LogP) is 3.67. The van der Waals surface area contributed by atoms with Gasteiger partial charge in [0.15, 0.2) is 0 Å². The van der Waals surface area contributed by atoms with E-state index in [0.29, 0.717) is 5.92 Å². The van der Waals surface area contributed by atoms with Gasteiger partial charge in [0.05, 0.1) is 0 Å². The zero-order valence-corrected chi connectivity index (χ0v) is 12.2. The molecule has 100 valence electrons. The van der Waals surface area contributed by atoms with Gasteiger partial charge in [-0.2, -0.15) is 0 Å². The summed E-state index contributed by atoms with van der Waals surface area (Å²) in [5, 5.41) is 3.33. The fraction of sp³-hybridized carbons (Fsp3) is 0.571. The third-order valence-electron chi connectivity index (χ3n) is 3.60. The van der Waals surface area contributed by atoms with Gasteiger partial charge in [-0.15, -0.1) is 0 Å². The Morgan fingerprint density at radius 2 is 2.17 bits per heavy atom. The van der Waals surface area contributed by atoms with E-state index in [1.807, 2.05) is 13.1 Å². The predicted molar refractivity (Wildman–Crippen MR) is 74.1 cm³/mol. The highest BCUT2D eigenvalue weighted by atomic mass is 79.9. The van der Waals surface area contributed by atoms with Crippen LogP contribution in [-0.2, 0) is 4.74 Å². The number of hydrogen-bond acceptors (Lipinski definition) is 2. The van der Waals surface area contributed by atoms with Crippen molar-refractivity contribution in [3.8, 4) is 0 Å². The van der Waals surface area contributed by atoms with Crippen molar-refractivity contribution in [2.45, 2.75) is 25.3 Å². The Balaban J connectivity index is 2.07. The van der Waals surface area contributed by atoms with E-state index in [2.05, 4.69) is 21.2 Å². The number of hydrogen-bond donors (Lipinski definition) is 1. The van der Waals surface area contributed by atoms with Crippen molar-refractivity contribution in [3.05, 3.63) is 34.1 Å². The molecule has 0 saturated carbocycles. The quantitative estimate of drug-likeness (QED) is 0.915. The van der Waals surface area contributed by atoms with Crippen molar-refractivity contribution in [3.63, 3.8) is 0 Å². The molecule has 1 aromatic rings. The normalized spacial score (nSPS) is 18.8. The molecule has 4 heteroatoms. The maximum atomic E-state index is 13.1. The summed E-state index contributed by atoms with van der Waals surface area (Å²) >= 11 is 3.45. The fourth-order valence-corrected chi connectivity index (χ4v) is 3.13. The van der Waals surface area contributed by atoms with Gasteiger partial charge in [-0.05, 0) is 49.9 Å². The van der Waals surface area contributed by atoms with E-state index < -0.39 is 0 Å². The molecule has 2 nitrogen and oxygen atoms in total. The van der Waals surface area contributed by atoms with Gasteiger partial charge < -0.3 is 10.1 Å². The van der Waals surface area contributed by atoms with Crippen LogP contribution < -0.4 is 5.32 Å². The van der Waals surface area contributed by atoms with Crippen LogP contribution in [0.15, 0.2) is 22.7 Å². The molecule has 1 saturated heterocycles. The topological polar surface area (TPSA) is 21.3 Å². The highest BCUT2D eigenvalue weighted by Gasteiger charge is 2.21. The highest BCUT2D eigenvalue weighted by Crippen LogP contribution is 2.31. The van der Waals surface area contributed by atoms with Gasteiger partial charge in [-0.3, -0.25) is 0 Å². The monoisotopic (exact) mass is 315 g/mol. The van der Waals surface area contributed by atoms with Crippen LogP contribution in [0.4, 0.5) is 4.39 Å². The Morgan fingerprint density at radius 3 is 2.78 bits per heavy atom. The van der Waals surface area contributed by atoms with Gasteiger partial charge >= 0.3 is 0 Å². The minimum absolute atomic E-state index is 0.202. The average Bonchev–Trinajstić information content (AvgIpc) is 2.38. The van der Waals surface area contributed by atoms with Crippen LogP contribution >= 0.6 is 15.9 Å². The van der Waals surface area contributed by atoms with Gasteiger partial charge in [0.1, 0.15) is 5.82 Å². The first-order valence-electron chi connectivity index (χ1n) is 6.40. The molecule has 2 rings (SSSR count). The second kappa shape index (κ2) is 6.64. The molecule has 0 aliphatic carbocycles. The Hall–Kier alpha value is -0.450. The van der Waals surface area contributed by atoms with Gasteiger partial charge in [0.25, 0.3) is 0 Å². The number of nitrogens with one attached hydrogen (secondary N) is 1. The first-order valence-corrected chi connectivity index (χ1v) is 7.20. The first-order chi connectivity index (χ1) is 8.70. The number of halogens is 2. The molecule has 1 aliphatic rings. The second-order valence-corrected chi connectivity index (χ2v) is 5.65. The zero-order valence-electron chi connectivity index (χ0n) is 10.6. The molecule has 0 radical (unpaired) electrons. The molecule has 18 heavy (non-hydrogen) atoms. The highest BCUT2D eigenvalue weighted by molar-refractivity contribution is 9.10. The summed E-state index contributed by atoms with van der Waals surface area (Å²) in [6.45, 7) is 1.73. The maximum Gasteiger partial charge on any atom is 0.124 e. The van der Waals surface area contributed by atoms with Gasteiger partial charge in [0.2, 0.25) is 0 Å². The fourth-order valence-electron chi connectivity index (χ4n) is 2.50. The molecule has 1 heterocycles. The average molecular weight is 316 g/mol. The Kier molecular flexibility index (Phi) is 5.15. The Bertz CT molecular complexity index is 393. The van der Waals surface area contributed by atoms with Crippen LogP contribution in [-0.4, -0.2) is 20.3 Å². The molecule has 1 N–H and O–H groups in total. The lowest BCUT2D eigenvalue weighted by atomic mass is 9.89. The van der Waals surface area contributed by atoms with Crippen LogP contribution in [0.5, 0.6) is 0 Å². The molecule has 0 amide bonds. The van der Waals surface area contributed by atoms with Crippen LogP contribution in [0, 0.1) is 11.7 Å². The third-order valence-corrected chi connectivity index (χ3v) is 4.28. The van der Waals surface area contributed by atoms with Crippen molar-refractivity contribution in [1.29, 1.82) is 0 Å². The van der Waals surface area contributed by atoms with Gasteiger partial charge in [-0.1, -0.05) is 22.0 Å². The molecular formula is C14H19BrFNO. The van der Waals surface area contributed by atoms with E-state index in [9.17, 15) is 4.39 Å². The third kappa shape index (κ3) is 3.53. The summed E-state index contributed by atoms with van der Waals surface area (Å²) in [5.74, 6) is 0.486. The summed E-state index contributed by atoms with van der Waals surface area (Å²) < 4.78 is 19.3. The molecule has 1 fully saturated rings. The number of rotatable bonds is 4. The number of ether oxygens (including phenoxy) is 1. The van der Waals surface area contributed by atoms with E-state index in [1.165, 1.54) is 12.1 Å². The number of benzene rings is 1. The second-order valence-electron chi connectivity index (χ2n) is 4.80. The van der Waals surface area contributed by atoms with E-state index in [-0.39, 0.29) is 11.9 Å². The lowest BCUT2D eigenvalue weighted by Crippen LogP contribution is -2.24. The van der Waals surface area contributed by atoms with Crippen molar-refractivity contribution < 1.29 is 9.13 Å². The summed E-state index contributed by atoms with van der Waals surface area (Å²) in [6, 6.07) is 5.18.